The van der Waals surface area contributed by atoms with Gasteiger partial charge in [-0.1, -0.05) is 292 Å². The third-order valence-corrected chi connectivity index (χ3v) is 16.5. The van der Waals surface area contributed by atoms with E-state index in [0.29, 0.717) is 17.4 Å². The molecule has 3 atom stereocenters. The van der Waals surface area contributed by atoms with E-state index in [1.807, 2.05) is 33.3 Å². The van der Waals surface area contributed by atoms with Crippen molar-refractivity contribution in [1.29, 1.82) is 0 Å². The van der Waals surface area contributed by atoms with E-state index in [0.717, 1.165) is 122 Å². The second kappa shape index (κ2) is 63.9. The Morgan fingerprint density at radius 1 is 0.424 bits per heavy atom. The topological polar surface area (TPSA) is 111 Å². The van der Waals surface area contributed by atoms with E-state index in [1.165, 1.54) is 161 Å². The maximum atomic E-state index is 13.6. The number of carbonyl (C=O) groups excluding carboxylic acids is 2. The van der Waals surface area contributed by atoms with Gasteiger partial charge in [0.1, 0.15) is 19.3 Å². The first-order valence-corrected chi connectivity index (χ1v) is 37.1. The van der Waals surface area contributed by atoms with Gasteiger partial charge in [0.2, 0.25) is 5.91 Å². The van der Waals surface area contributed by atoms with E-state index in [-0.39, 0.29) is 31.5 Å². The summed E-state index contributed by atoms with van der Waals surface area (Å²) in [5.74, 6) is -0.518. The summed E-state index contributed by atoms with van der Waals surface area (Å²) in [5.41, 5.74) is 0. The largest absolute Gasteiger partial charge is 0.472 e. The van der Waals surface area contributed by atoms with Crippen LogP contribution in [0.25, 0.3) is 0 Å². The van der Waals surface area contributed by atoms with Gasteiger partial charge in [0.25, 0.3) is 0 Å². The van der Waals surface area contributed by atoms with Crippen molar-refractivity contribution < 1.29 is 37.3 Å². The van der Waals surface area contributed by atoms with Crippen LogP contribution in [0.15, 0.2) is 97.2 Å². The highest BCUT2D eigenvalue weighted by molar-refractivity contribution is 7.47. The average Bonchev–Trinajstić information content (AvgIpc) is 3.48. The van der Waals surface area contributed by atoms with Gasteiger partial charge in [-0.05, 0) is 109 Å². The summed E-state index contributed by atoms with van der Waals surface area (Å²) in [6.07, 6.45) is 87.0. The fraction of sp³-hybridized carbons (Fsp3) is 0.760. The van der Waals surface area contributed by atoms with Gasteiger partial charge in [0.15, 0.2) is 0 Å². The van der Waals surface area contributed by atoms with Crippen LogP contribution in [0.4, 0.5) is 0 Å². The summed E-state index contributed by atoms with van der Waals surface area (Å²) < 4.78 is 30.8. The average molecular weight is 1210 g/mol. The number of carbonyl (C=O) groups is 2. The molecule has 0 aromatic rings. The summed E-state index contributed by atoms with van der Waals surface area (Å²) in [6, 6.07) is -0.861. The van der Waals surface area contributed by atoms with Gasteiger partial charge in [-0.2, -0.15) is 0 Å². The van der Waals surface area contributed by atoms with Crippen LogP contribution >= 0.6 is 7.82 Å². The third kappa shape index (κ3) is 65.2. The van der Waals surface area contributed by atoms with Crippen molar-refractivity contribution in [3.05, 3.63) is 97.2 Å². The number of ether oxygens (including phenoxy) is 1. The zero-order chi connectivity index (χ0) is 62.1. The molecule has 0 aromatic heterocycles. The fourth-order valence-corrected chi connectivity index (χ4v) is 10.8. The minimum Gasteiger partial charge on any atom is -0.456 e. The molecule has 85 heavy (non-hydrogen) atoms. The molecule has 1 amide bonds. The Labute approximate surface area is 526 Å². The second-order valence-electron chi connectivity index (χ2n) is 25.0. The van der Waals surface area contributed by atoms with E-state index < -0.39 is 20.0 Å². The van der Waals surface area contributed by atoms with E-state index in [4.69, 9.17) is 13.8 Å². The van der Waals surface area contributed by atoms with E-state index in [1.54, 1.807) is 0 Å². The number of esters is 1. The summed E-state index contributed by atoms with van der Waals surface area (Å²) >= 11 is 0. The van der Waals surface area contributed by atoms with Gasteiger partial charge in [-0.25, -0.2) is 4.57 Å². The Morgan fingerprint density at radius 3 is 1.14 bits per heavy atom. The molecule has 0 saturated heterocycles. The number of nitrogens with zero attached hydrogens (tertiary/aromatic N) is 1. The quantitative estimate of drug-likeness (QED) is 0.0205. The summed E-state index contributed by atoms with van der Waals surface area (Å²) in [6.45, 7) is 6.91. The molecule has 492 valence electrons. The number of allylic oxidation sites excluding steroid dienone is 15. The van der Waals surface area contributed by atoms with Crippen LogP contribution in [0, 0.1) is 0 Å². The number of nitrogens with one attached hydrogen (secondary N) is 1. The van der Waals surface area contributed by atoms with Crippen LogP contribution in [0.3, 0.4) is 0 Å². The summed E-state index contributed by atoms with van der Waals surface area (Å²) in [5, 5.41) is 3.07. The van der Waals surface area contributed by atoms with Crippen molar-refractivity contribution in [3.63, 3.8) is 0 Å². The lowest BCUT2D eigenvalue weighted by molar-refractivity contribution is -0.870. The molecule has 0 aliphatic carbocycles. The van der Waals surface area contributed by atoms with Gasteiger partial charge >= 0.3 is 13.8 Å². The van der Waals surface area contributed by atoms with Crippen LogP contribution in [-0.4, -0.2) is 74.3 Å². The first kappa shape index (κ1) is 81.9. The van der Waals surface area contributed by atoms with Crippen molar-refractivity contribution in [1.82, 2.24) is 5.32 Å². The number of quaternary nitrogens is 1. The zero-order valence-corrected chi connectivity index (χ0v) is 57.2. The predicted octanol–water partition coefficient (Wildman–Crippen LogP) is 22.7. The smallest absolute Gasteiger partial charge is 0.456 e. The van der Waals surface area contributed by atoms with Crippen molar-refractivity contribution in [2.75, 3.05) is 40.9 Å². The molecule has 0 aliphatic rings. The van der Waals surface area contributed by atoms with Crippen LogP contribution in [0.1, 0.15) is 316 Å². The molecule has 0 heterocycles. The number of phosphoric acid groups is 1. The molecule has 10 heteroatoms. The van der Waals surface area contributed by atoms with Gasteiger partial charge in [0, 0.05) is 12.8 Å². The van der Waals surface area contributed by atoms with Crippen molar-refractivity contribution >= 4 is 19.7 Å². The van der Waals surface area contributed by atoms with Gasteiger partial charge in [-0.15, -0.1) is 0 Å². The van der Waals surface area contributed by atoms with Crippen LogP contribution in [-0.2, 0) is 27.9 Å². The minimum absolute atomic E-state index is 0.0343. The van der Waals surface area contributed by atoms with Gasteiger partial charge < -0.3 is 19.4 Å². The van der Waals surface area contributed by atoms with Crippen LogP contribution < -0.4 is 5.32 Å². The highest BCUT2D eigenvalue weighted by Gasteiger charge is 2.30. The van der Waals surface area contributed by atoms with E-state index in [2.05, 4.69) is 111 Å². The SMILES string of the molecule is CC/C=C\C/C=C\C/C=C\C/C=C\C/C=C\C/C=C\CCCCCCCCC(=O)OC(/C=C/CCCCCCCCCCCCC)C(COP(=O)(O)OCC[N+](C)(C)C)NC(=O)CCCCCCCCCCCCC/C=C/CCCCCCCC. The fourth-order valence-electron chi connectivity index (χ4n) is 10.1. The molecule has 0 aromatic carbocycles. The number of hydrogen-bond donors (Lipinski definition) is 2. The number of phosphoric ester groups is 1. The molecule has 9 nitrogen and oxygen atoms in total. The Kier molecular flexibility index (Phi) is 61.6. The molecule has 0 fully saturated rings. The lowest BCUT2D eigenvalue weighted by Gasteiger charge is -2.27. The lowest BCUT2D eigenvalue weighted by Crippen LogP contribution is -2.47. The Hall–Kier alpha value is -3.07. The lowest BCUT2D eigenvalue weighted by atomic mass is 10.0. The standard InChI is InChI=1S/C75H135N2O7P/c1-7-10-13-16-19-22-25-28-30-32-34-36-37-38-39-41-43-45-47-50-53-56-59-62-65-68-75(79)84-73(66-63-60-57-54-51-48-27-24-21-18-15-12-9-3)72(71-83-85(80,81)82-70-69-77(4,5)6)76-74(78)67-64-61-58-55-52-49-46-44-42-40-35-33-31-29-26-23-20-17-14-11-8-2/h10,13,19,22,28-31,34,36,38-39,43,45,63,66,72-73H,7-9,11-12,14-18,20-21,23-27,32-33,35,37,40-42,44,46-62,64-65,67-71H2,1-6H3,(H-,76,78,80,81)/p+1/b13-10-,22-19-,30-28-,31-29+,36-34-,39-38-,45-43-,66-63+. The highest BCUT2D eigenvalue weighted by atomic mass is 31.2. The monoisotopic (exact) mass is 1210 g/mol. The maximum Gasteiger partial charge on any atom is 0.472 e. The van der Waals surface area contributed by atoms with Crippen LogP contribution in [0.5, 0.6) is 0 Å². The molecule has 0 rings (SSSR count). The number of hydrogen-bond acceptors (Lipinski definition) is 6. The molecular weight excluding hydrogens is 1070 g/mol. The molecule has 0 bridgehead atoms. The molecule has 0 aliphatic heterocycles. The van der Waals surface area contributed by atoms with Gasteiger partial charge in [-0.3, -0.25) is 18.6 Å². The molecule has 0 spiro atoms. The number of rotatable bonds is 64. The number of unbranched alkanes of at least 4 members (excludes halogenated alkanes) is 34. The van der Waals surface area contributed by atoms with Crippen molar-refractivity contribution in [2.24, 2.45) is 0 Å². The van der Waals surface area contributed by atoms with Crippen LogP contribution in [0.2, 0.25) is 0 Å². The minimum atomic E-state index is -4.46. The van der Waals surface area contributed by atoms with Crippen molar-refractivity contribution in [2.45, 2.75) is 328 Å². The third-order valence-electron chi connectivity index (χ3n) is 15.5. The zero-order valence-electron chi connectivity index (χ0n) is 56.3. The Bertz CT molecular complexity index is 1780. The second-order valence-corrected chi connectivity index (χ2v) is 26.5. The first-order valence-electron chi connectivity index (χ1n) is 35.6. The Balaban J connectivity index is 5.16. The summed E-state index contributed by atoms with van der Waals surface area (Å²) in [4.78, 5) is 37.9. The maximum absolute atomic E-state index is 13.6. The Morgan fingerprint density at radius 2 is 0.753 bits per heavy atom. The number of likely N-dealkylation sites (N-methyl/N-ethyl adjacent to an activating group) is 1. The highest BCUT2D eigenvalue weighted by Crippen LogP contribution is 2.43. The normalized spacial score (nSPS) is 14.1. The molecule has 3 unspecified atom stereocenters. The molecule has 0 radical (unpaired) electrons. The molecule has 0 saturated carbocycles. The van der Waals surface area contributed by atoms with E-state index in [9.17, 15) is 19.0 Å². The van der Waals surface area contributed by atoms with Crippen molar-refractivity contribution in [3.8, 4) is 0 Å². The molecule has 2 N–H and O–H groups in total. The predicted molar refractivity (Wildman–Crippen MR) is 369 cm³/mol. The van der Waals surface area contributed by atoms with Gasteiger partial charge in [0.05, 0.1) is 33.8 Å². The molecular formula is C75H136N2O7P+. The first-order chi connectivity index (χ1) is 41.4. The summed E-state index contributed by atoms with van der Waals surface area (Å²) in [7, 11) is 1.48. The van der Waals surface area contributed by atoms with E-state index >= 15 is 0 Å². The number of amides is 1.